The Bertz CT molecular complexity index is 156. The molecule has 0 aromatic rings. The van der Waals surface area contributed by atoms with Gasteiger partial charge in [0.2, 0.25) is 5.91 Å². The van der Waals surface area contributed by atoms with Gasteiger partial charge in [0.05, 0.1) is 0 Å². The van der Waals surface area contributed by atoms with Crippen molar-refractivity contribution in [3.8, 4) is 0 Å². The number of hydrogen-bond donors (Lipinski definition) is 2. The molecule has 0 aliphatic carbocycles. The van der Waals surface area contributed by atoms with E-state index in [0.29, 0.717) is 0 Å². The second-order valence-corrected chi connectivity index (χ2v) is 3.75. The van der Waals surface area contributed by atoms with Crippen molar-refractivity contribution in [2.24, 2.45) is 0 Å². The van der Waals surface area contributed by atoms with Crippen LogP contribution in [0.4, 0.5) is 0 Å². The first-order valence-electron chi connectivity index (χ1n) is 5.59. The summed E-state index contributed by atoms with van der Waals surface area (Å²) in [5.41, 5.74) is 0.262. The molecule has 0 fully saturated rings. The fourth-order valence-electron chi connectivity index (χ4n) is 1.69. The summed E-state index contributed by atoms with van der Waals surface area (Å²) in [6, 6.07) is 0. The van der Waals surface area contributed by atoms with Crippen LogP contribution in [0.3, 0.4) is 0 Å². The Labute approximate surface area is 87.6 Å². The lowest BCUT2D eigenvalue weighted by molar-refractivity contribution is -0.118. The monoisotopic (exact) mass is 200 g/mol. The van der Waals surface area contributed by atoms with Crippen LogP contribution in [0.2, 0.25) is 0 Å². The van der Waals surface area contributed by atoms with Crippen molar-refractivity contribution in [3.05, 3.63) is 0 Å². The van der Waals surface area contributed by atoms with Crippen LogP contribution in [0.5, 0.6) is 0 Å². The van der Waals surface area contributed by atoms with Crippen molar-refractivity contribution in [2.75, 3.05) is 13.1 Å². The van der Waals surface area contributed by atoms with E-state index < -0.39 is 0 Å². The summed E-state index contributed by atoms with van der Waals surface area (Å²) in [4.78, 5) is 10.6. The van der Waals surface area contributed by atoms with Gasteiger partial charge in [-0.1, -0.05) is 20.8 Å². The first kappa shape index (κ1) is 13.4. The second-order valence-electron chi connectivity index (χ2n) is 3.75. The second kappa shape index (κ2) is 6.82. The van der Waals surface area contributed by atoms with Crippen molar-refractivity contribution in [2.45, 2.75) is 52.5 Å². The van der Waals surface area contributed by atoms with E-state index in [0.717, 1.165) is 32.4 Å². The van der Waals surface area contributed by atoms with Gasteiger partial charge < -0.3 is 10.6 Å². The SMILES string of the molecule is CCC(CC)(CC)NCCNC(C)=O. The number of carbonyl (C=O) groups is 1. The molecule has 0 aliphatic heterocycles. The smallest absolute Gasteiger partial charge is 0.216 e. The molecule has 0 rings (SSSR count). The summed E-state index contributed by atoms with van der Waals surface area (Å²) in [7, 11) is 0. The van der Waals surface area contributed by atoms with Crippen LogP contribution in [0.15, 0.2) is 0 Å². The van der Waals surface area contributed by atoms with Crippen LogP contribution in [0, 0.1) is 0 Å². The molecule has 0 bridgehead atoms. The van der Waals surface area contributed by atoms with Gasteiger partial charge in [0.25, 0.3) is 0 Å². The maximum Gasteiger partial charge on any atom is 0.216 e. The molecule has 0 aromatic carbocycles. The zero-order valence-electron chi connectivity index (χ0n) is 9.94. The van der Waals surface area contributed by atoms with Gasteiger partial charge in [-0.05, 0) is 19.3 Å². The van der Waals surface area contributed by atoms with Gasteiger partial charge in [0.1, 0.15) is 0 Å². The number of rotatable bonds is 7. The molecule has 3 heteroatoms. The van der Waals surface area contributed by atoms with E-state index in [1.807, 2.05) is 0 Å². The molecule has 0 unspecified atom stereocenters. The molecule has 0 heterocycles. The molecular weight excluding hydrogens is 176 g/mol. The molecule has 0 spiro atoms. The third-order valence-corrected chi connectivity index (χ3v) is 3.03. The van der Waals surface area contributed by atoms with Gasteiger partial charge in [0, 0.05) is 25.6 Å². The minimum atomic E-state index is 0.0434. The largest absolute Gasteiger partial charge is 0.355 e. The van der Waals surface area contributed by atoms with Crippen LogP contribution < -0.4 is 10.6 Å². The molecule has 0 saturated heterocycles. The predicted octanol–water partition coefficient (Wildman–Crippen LogP) is 1.68. The quantitative estimate of drug-likeness (QED) is 0.614. The van der Waals surface area contributed by atoms with E-state index in [4.69, 9.17) is 0 Å². The normalized spacial score (nSPS) is 11.4. The minimum absolute atomic E-state index is 0.0434. The fraction of sp³-hybridized carbons (Fsp3) is 0.909. The van der Waals surface area contributed by atoms with E-state index in [1.54, 1.807) is 6.92 Å². The summed E-state index contributed by atoms with van der Waals surface area (Å²) >= 11 is 0. The summed E-state index contributed by atoms with van der Waals surface area (Å²) in [6.07, 6.45) is 3.42. The number of carbonyl (C=O) groups excluding carboxylic acids is 1. The molecule has 1 amide bonds. The molecule has 2 N–H and O–H groups in total. The number of amides is 1. The minimum Gasteiger partial charge on any atom is -0.355 e. The van der Waals surface area contributed by atoms with Crippen molar-refractivity contribution in [1.29, 1.82) is 0 Å². The van der Waals surface area contributed by atoms with Crippen molar-refractivity contribution >= 4 is 5.91 Å². The Morgan fingerprint density at radius 2 is 1.57 bits per heavy atom. The summed E-state index contributed by atoms with van der Waals surface area (Å²) in [5, 5.41) is 6.31. The Morgan fingerprint density at radius 3 is 1.93 bits per heavy atom. The number of hydrogen-bond acceptors (Lipinski definition) is 2. The highest BCUT2D eigenvalue weighted by Crippen LogP contribution is 2.18. The van der Waals surface area contributed by atoms with Gasteiger partial charge in [-0.3, -0.25) is 4.79 Å². The van der Waals surface area contributed by atoms with Crippen LogP contribution in [0.25, 0.3) is 0 Å². The van der Waals surface area contributed by atoms with E-state index in [1.165, 1.54) is 0 Å². The van der Waals surface area contributed by atoms with Gasteiger partial charge in [0.15, 0.2) is 0 Å². The first-order valence-corrected chi connectivity index (χ1v) is 5.59. The van der Waals surface area contributed by atoms with Crippen molar-refractivity contribution in [1.82, 2.24) is 10.6 Å². The first-order chi connectivity index (χ1) is 6.60. The molecule has 14 heavy (non-hydrogen) atoms. The summed E-state index contributed by atoms with van der Waals surface area (Å²) in [6.45, 7) is 9.74. The highest BCUT2D eigenvalue weighted by atomic mass is 16.1. The molecule has 0 aliphatic rings. The van der Waals surface area contributed by atoms with Crippen LogP contribution in [-0.4, -0.2) is 24.5 Å². The molecule has 3 nitrogen and oxygen atoms in total. The van der Waals surface area contributed by atoms with Crippen molar-refractivity contribution < 1.29 is 4.79 Å². The van der Waals surface area contributed by atoms with Crippen LogP contribution in [0.1, 0.15) is 47.0 Å². The van der Waals surface area contributed by atoms with E-state index in [2.05, 4.69) is 31.4 Å². The highest BCUT2D eigenvalue weighted by molar-refractivity contribution is 5.72. The highest BCUT2D eigenvalue weighted by Gasteiger charge is 2.21. The van der Waals surface area contributed by atoms with E-state index >= 15 is 0 Å². The third kappa shape index (κ3) is 4.61. The average molecular weight is 200 g/mol. The third-order valence-electron chi connectivity index (χ3n) is 3.03. The zero-order chi connectivity index (χ0) is 11.0. The molecule has 0 aromatic heterocycles. The lowest BCUT2D eigenvalue weighted by Crippen LogP contribution is -2.46. The van der Waals surface area contributed by atoms with Gasteiger partial charge >= 0.3 is 0 Å². The van der Waals surface area contributed by atoms with Gasteiger partial charge in [-0.15, -0.1) is 0 Å². The predicted molar refractivity (Wildman–Crippen MR) is 60.3 cm³/mol. The molecular formula is C11H24N2O. The lowest BCUT2D eigenvalue weighted by Gasteiger charge is -2.32. The molecule has 0 radical (unpaired) electrons. The fourth-order valence-corrected chi connectivity index (χ4v) is 1.69. The maximum absolute atomic E-state index is 10.6. The Kier molecular flexibility index (Phi) is 6.54. The molecule has 0 atom stereocenters. The van der Waals surface area contributed by atoms with E-state index in [9.17, 15) is 4.79 Å². The zero-order valence-corrected chi connectivity index (χ0v) is 9.94. The van der Waals surface area contributed by atoms with Gasteiger partial charge in [-0.2, -0.15) is 0 Å². The Balaban J connectivity index is 3.77. The molecule has 84 valence electrons. The Hall–Kier alpha value is -0.570. The molecule has 0 saturated carbocycles. The van der Waals surface area contributed by atoms with Gasteiger partial charge in [-0.25, -0.2) is 0 Å². The van der Waals surface area contributed by atoms with Crippen molar-refractivity contribution in [3.63, 3.8) is 0 Å². The summed E-state index contributed by atoms with van der Waals surface area (Å²) in [5.74, 6) is 0.0434. The lowest BCUT2D eigenvalue weighted by atomic mass is 9.90. The van der Waals surface area contributed by atoms with E-state index in [-0.39, 0.29) is 11.4 Å². The maximum atomic E-state index is 10.6. The van der Waals surface area contributed by atoms with Crippen LogP contribution in [-0.2, 0) is 4.79 Å². The number of nitrogens with one attached hydrogen (secondary N) is 2. The summed E-state index contributed by atoms with van der Waals surface area (Å²) < 4.78 is 0. The average Bonchev–Trinajstić information content (AvgIpc) is 2.19. The van der Waals surface area contributed by atoms with Crippen LogP contribution >= 0.6 is 0 Å². The Morgan fingerprint density at radius 1 is 1.07 bits per heavy atom. The topological polar surface area (TPSA) is 41.1 Å². The standard InChI is InChI=1S/C11H24N2O/c1-5-11(6-2,7-3)13-9-8-12-10(4)14/h13H,5-9H2,1-4H3,(H,12,14).